The Morgan fingerprint density at radius 3 is 1.84 bits per heavy atom. The first-order valence-corrected chi connectivity index (χ1v) is 7.09. The van der Waals surface area contributed by atoms with Gasteiger partial charge in [0.1, 0.15) is 0 Å². The summed E-state index contributed by atoms with van der Waals surface area (Å²) in [6.45, 7) is 1.34. The van der Waals surface area contributed by atoms with E-state index in [4.69, 9.17) is 0 Å². The van der Waals surface area contributed by atoms with Crippen LogP contribution in [0.5, 0.6) is 0 Å². The van der Waals surface area contributed by atoms with Crippen LogP contribution in [-0.4, -0.2) is 22.6 Å². The summed E-state index contributed by atoms with van der Waals surface area (Å²) in [4.78, 5) is 44.9. The zero-order chi connectivity index (χ0) is 18.4. The number of benzene rings is 2. The van der Waals surface area contributed by atoms with Crippen molar-refractivity contribution in [3.8, 4) is 0 Å². The molecule has 0 fully saturated rings. The lowest BCUT2D eigenvalue weighted by molar-refractivity contribution is -0.384. The number of carbonyl (C=O) groups is 3. The number of amides is 3. The molecule has 3 amide bonds. The van der Waals surface area contributed by atoms with Crippen molar-refractivity contribution in [3.05, 3.63) is 58.6 Å². The maximum absolute atomic E-state index is 11.9. The molecular formula is C16H14N4O5. The van der Waals surface area contributed by atoms with Gasteiger partial charge in [0.25, 0.3) is 5.69 Å². The average Bonchev–Trinajstić information content (AvgIpc) is 2.54. The molecule has 0 spiro atoms. The SMILES string of the molecule is CC(=O)Nc1cccc(NC(=O)C(=O)Nc2cccc([N+](=O)[O-])c2)c1. The van der Waals surface area contributed by atoms with Crippen molar-refractivity contribution < 1.29 is 19.3 Å². The fourth-order valence-electron chi connectivity index (χ4n) is 1.95. The Morgan fingerprint density at radius 2 is 1.32 bits per heavy atom. The monoisotopic (exact) mass is 342 g/mol. The van der Waals surface area contributed by atoms with Gasteiger partial charge in [-0.1, -0.05) is 12.1 Å². The van der Waals surface area contributed by atoms with E-state index in [1.54, 1.807) is 18.2 Å². The van der Waals surface area contributed by atoms with Gasteiger partial charge in [0, 0.05) is 36.1 Å². The van der Waals surface area contributed by atoms with E-state index in [0.717, 1.165) is 6.07 Å². The van der Waals surface area contributed by atoms with E-state index in [2.05, 4.69) is 16.0 Å². The maximum atomic E-state index is 11.9. The Hall–Kier alpha value is -3.75. The molecule has 2 aromatic carbocycles. The lowest BCUT2D eigenvalue weighted by atomic mass is 10.2. The first-order chi connectivity index (χ1) is 11.8. The van der Waals surface area contributed by atoms with E-state index in [-0.39, 0.29) is 17.3 Å². The number of nitrogens with zero attached hydrogens (tertiary/aromatic N) is 1. The Bertz CT molecular complexity index is 850. The van der Waals surface area contributed by atoms with E-state index in [1.165, 1.54) is 31.2 Å². The van der Waals surface area contributed by atoms with E-state index >= 15 is 0 Å². The van der Waals surface area contributed by atoms with Gasteiger partial charge in [0.2, 0.25) is 5.91 Å². The smallest absolute Gasteiger partial charge is 0.314 e. The molecule has 0 aromatic heterocycles. The molecule has 2 rings (SSSR count). The van der Waals surface area contributed by atoms with Crippen molar-refractivity contribution in [2.45, 2.75) is 6.92 Å². The van der Waals surface area contributed by atoms with Gasteiger partial charge >= 0.3 is 11.8 Å². The predicted molar refractivity (Wildman–Crippen MR) is 91.1 cm³/mol. The highest BCUT2D eigenvalue weighted by Gasteiger charge is 2.15. The highest BCUT2D eigenvalue weighted by molar-refractivity contribution is 6.43. The number of nitro groups is 1. The van der Waals surface area contributed by atoms with Crippen molar-refractivity contribution in [3.63, 3.8) is 0 Å². The van der Waals surface area contributed by atoms with Crippen molar-refractivity contribution >= 4 is 40.5 Å². The molecule has 0 bridgehead atoms. The fraction of sp³-hybridized carbons (Fsp3) is 0.0625. The third kappa shape index (κ3) is 5.13. The van der Waals surface area contributed by atoms with Crippen LogP contribution in [0.2, 0.25) is 0 Å². The summed E-state index contributed by atoms with van der Waals surface area (Å²) in [6, 6.07) is 11.5. The summed E-state index contributed by atoms with van der Waals surface area (Å²) in [5.74, 6) is -2.20. The number of carbonyl (C=O) groups excluding carboxylic acids is 3. The molecule has 128 valence electrons. The van der Waals surface area contributed by atoms with Crippen LogP contribution >= 0.6 is 0 Å². The second-order valence-corrected chi connectivity index (χ2v) is 4.98. The van der Waals surface area contributed by atoms with Crippen LogP contribution in [0, 0.1) is 10.1 Å². The highest BCUT2D eigenvalue weighted by Crippen LogP contribution is 2.18. The molecular weight excluding hydrogens is 328 g/mol. The fourth-order valence-corrected chi connectivity index (χ4v) is 1.95. The molecule has 3 N–H and O–H groups in total. The van der Waals surface area contributed by atoms with Crippen LogP contribution in [0.25, 0.3) is 0 Å². The Labute approximate surface area is 142 Å². The van der Waals surface area contributed by atoms with Crippen LogP contribution in [0.15, 0.2) is 48.5 Å². The lowest BCUT2D eigenvalue weighted by Crippen LogP contribution is -2.29. The zero-order valence-corrected chi connectivity index (χ0v) is 13.1. The van der Waals surface area contributed by atoms with Gasteiger partial charge in [0.05, 0.1) is 4.92 Å². The summed E-state index contributed by atoms with van der Waals surface area (Å²) in [6.07, 6.45) is 0. The quantitative estimate of drug-likeness (QED) is 0.445. The normalized spacial score (nSPS) is 9.80. The molecule has 0 atom stereocenters. The van der Waals surface area contributed by atoms with Crippen LogP contribution in [0.3, 0.4) is 0 Å². The van der Waals surface area contributed by atoms with Gasteiger partial charge in [-0.3, -0.25) is 24.5 Å². The van der Waals surface area contributed by atoms with Crippen molar-refractivity contribution in [2.75, 3.05) is 16.0 Å². The topological polar surface area (TPSA) is 130 Å². The predicted octanol–water partition coefficient (Wildman–Crippen LogP) is 2.13. The highest BCUT2D eigenvalue weighted by atomic mass is 16.6. The molecule has 0 aliphatic carbocycles. The van der Waals surface area contributed by atoms with Gasteiger partial charge < -0.3 is 16.0 Å². The minimum Gasteiger partial charge on any atom is -0.326 e. The minimum absolute atomic E-state index is 0.126. The number of hydrogen-bond acceptors (Lipinski definition) is 5. The second-order valence-electron chi connectivity index (χ2n) is 4.98. The van der Waals surface area contributed by atoms with E-state index in [0.29, 0.717) is 11.4 Å². The molecule has 25 heavy (non-hydrogen) atoms. The number of anilines is 3. The second kappa shape index (κ2) is 7.68. The average molecular weight is 342 g/mol. The number of nitro benzene ring substituents is 1. The lowest BCUT2D eigenvalue weighted by Gasteiger charge is -2.08. The van der Waals surface area contributed by atoms with Crippen molar-refractivity contribution in [1.82, 2.24) is 0 Å². The van der Waals surface area contributed by atoms with Crippen LogP contribution < -0.4 is 16.0 Å². The molecule has 0 radical (unpaired) electrons. The number of rotatable bonds is 4. The Balaban J connectivity index is 2.03. The summed E-state index contributed by atoms with van der Waals surface area (Å²) >= 11 is 0. The summed E-state index contributed by atoms with van der Waals surface area (Å²) in [5, 5.41) is 17.9. The molecule has 0 saturated carbocycles. The third-order valence-corrected chi connectivity index (χ3v) is 2.96. The first kappa shape index (κ1) is 17.6. The molecule has 2 aromatic rings. The summed E-state index contributed by atoms with van der Waals surface area (Å²) in [7, 11) is 0. The van der Waals surface area contributed by atoms with Crippen LogP contribution in [-0.2, 0) is 14.4 Å². The standard InChI is InChI=1S/C16H14N4O5/c1-10(21)17-11-4-2-5-12(8-11)18-15(22)16(23)19-13-6-3-7-14(9-13)20(24)25/h2-9H,1H3,(H,17,21)(H,18,22)(H,19,23). The zero-order valence-electron chi connectivity index (χ0n) is 13.1. The molecule has 9 nitrogen and oxygen atoms in total. The molecule has 0 saturated heterocycles. The van der Waals surface area contributed by atoms with E-state index < -0.39 is 16.7 Å². The summed E-state index contributed by atoms with van der Waals surface area (Å²) < 4.78 is 0. The number of non-ortho nitro benzene ring substituents is 1. The van der Waals surface area contributed by atoms with Gasteiger partial charge in [-0.15, -0.1) is 0 Å². The van der Waals surface area contributed by atoms with E-state index in [9.17, 15) is 24.5 Å². The van der Waals surface area contributed by atoms with Gasteiger partial charge in [0.15, 0.2) is 0 Å². The first-order valence-electron chi connectivity index (χ1n) is 7.09. The third-order valence-electron chi connectivity index (χ3n) is 2.96. The largest absolute Gasteiger partial charge is 0.326 e. The van der Waals surface area contributed by atoms with Crippen LogP contribution in [0.1, 0.15) is 6.92 Å². The van der Waals surface area contributed by atoms with Gasteiger partial charge in [-0.25, -0.2) is 0 Å². The maximum Gasteiger partial charge on any atom is 0.314 e. The minimum atomic E-state index is -0.981. The van der Waals surface area contributed by atoms with Crippen molar-refractivity contribution in [1.29, 1.82) is 0 Å². The summed E-state index contributed by atoms with van der Waals surface area (Å²) in [5.41, 5.74) is 0.692. The molecule has 0 aliphatic heterocycles. The van der Waals surface area contributed by atoms with Crippen molar-refractivity contribution in [2.24, 2.45) is 0 Å². The van der Waals surface area contributed by atoms with Gasteiger partial charge in [-0.2, -0.15) is 0 Å². The molecule has 0 aliphatic rings. The molecule has 0 heterocycles. The van der Waals surface area contributed by atoms with Gasteiger partial charge in [-0.05, 0) is 24.3 Å². The van der Waals surface area contributed by atoms with E-state index in [1.807, 2.05) is 0 Å². The number of nitrogens with one attached hydrogen (secondary N) is 3. The Morgan fingerprint density at radius 1 is 0.840 bits per heavy atom. The molecule has 0 unspecified atom stereocenters. The Kier molecular flexibility index (Phi) is 5.41. The van der Waals surface area contributed by atoms with Crippen LogP contribution in [0.4, 0.5) is 22.7 Å². The number of hydrogen-bond donors (Lipinski definition) is 3. The molecule has 9 heteroatoms.